The van der Waals surface area contributed by atoms with E-state index in [-0.39, 0.29) is 29.5 Å². The molecular formula is C19H21N3O4S. The predicted octanol–water partition coefficient (Wildman–Crippen LogP) is 1.62. The quantitative estimate of drug-likeness (QED) is 0.745. The van der Waals surface area contributed by atoms with Crippen LogP contribution in [0.15, 0.2) is 34.0 Å². The molecule has 0 aromatic carbocycles. The number of amides is 1. The first kappa shape index (κ1) is 17.9. The molecule has 8 heteroatoms. The summed E-state index contributed by atoms with van der Waals surface area (Å²) in [5.41, 5.74) is 2.14. The zero-order valence-electron chi connectivity index (χ0n) is 15.3. The number of aromatic nitrogens is 2. The van der Waals surface area contributed by atoms with Gasteiger partial charge in [-0.15, -0.1) is 11.3 Å². The summed E-state index contributed by atoms with van der Waals surface area (Å²) in [6.07, 6.45) is 4.25. The molecule has 3 atom stereocenters. The maximum absolute atomic E-state index is 13.2. The number of thiazole rings is 1. The predicted molar refractivity (Wildman–Crippen MR) is 99.5 cm³/mol. The minimum Gasteiger partial charge on any atom is -0.469 e. The minimum absolute atomic E-state index is 0.00234. The number of hydrogen-bond donors (Lipinski definition) is 0. The second kappa shape index (κ2) is 6.60. The van der Waals surface area contributed by atoms with Gasteiger partial charge in [-0.1, -0.05) is 0 Å². The third-order valence-electron chi connectivity index (χ3n) is 5.88. The number of aryl methyl sites for hydroxylation is 1. The van der Waals surface area contributed by atoms with Crippen LogP contribution in [0.25, 0.3) is 0 Å². The fourth-order valence-corrected chi connectivity index (χ4v) is 5.25. The number of pyridine rings is 1. The summed E-state index contributed by atoms with van der Waals surface area (Å²) in [7, 11) is 3.02. The molecule has 2 saturated heterocycles. The molecule has 0 saturated carbocycles. The lowest BCUT2D eigenvalue weighted by Crippen LogP contribution is -2.47. The second-order valence-electron chi connectivity index (χ2n) is 7.33. The first-order valence-corrected chi connectivity index (χ1v) is 9.85. The SMILES string of the molecule is COC(=O)[C@@]1(Cc2cscn2)C[C@H]2CC[C@@H]1N2C(=O)c1ccc(=O)n(C)c1. The van der Waals surface area contributed by atoms with E-state index in [2.05, 4.69) is 4.98 Å². The Morgan fingerprint density at radius 1 is 1.37 bits per heavy atom. The lowest BCUT2D eigenvalue weighted by Gasteiger charge is -2.34. The van der Waals surface area contributed by atoms with E-state index in [0.717, 1.165) is 18.5 Å². The van der Waals surface area contributed by atoms with Crippen molar-refractivity contribution in [3.63, 3.8) is 0 Å². The van der Waals surface area contributed by atoms with Crippen molar-refractivity contribution in [1.29, 1.82) is 0 Å². The lowest BCUT2D eigenvalue weighted by molar-refractivity contribution is -0.154. The summed E-state index contributed by atoms with van der Waals surface area (Å²) in [6, 6.07) is 2.73. The van der Waals surface area contributed by atoms with E-state index in [9.17, 15) is 14.4 Å². The molecule has 0 N–H and O–H groups in total. The Labute approximate surface area is 160 Å². The second-order valence-corrected chi connectivity index (χ2v) is 8.05. The zero-order chi connectivity index (χ0) is 19.2. The highest BCUT2D eigenvalue weighted by Gasteiger charge is 2.62. The van der Waals surface area contributed by atoms with Gasteiger partial charge in [0.15, 0.2) is 0 Å². The van der Waals surface area contributed by atoms with Crippen LogP contribution in [0.4, 0.5) is 0 Å². The van der Waals surface area contributed by atoms with Crippen molar-refractivity contribution < 1.29 is 14.3 Å². The number of methoxy groups -OCH3 is 1. The third-order valence-corrected chi connectivity index (χ3v) is 6.51. The summed E-state index contributed by atoms with van der Waals surface area (Å²) >= 11 is 1.49. The van der Waals surface area contributed by atoms with Gasteiger partial charge in [-0.3, -0.25) is 14.4 Å². The first-order valence-electron chi connectivity index (χ1n) is 8.91. The molecule has 1 amide bonds. The molecule has 4 rings (SSSR count). The first-order chi connectivity index (χ1) is 13.0. The van der Waals surface area contributed by atoms with Gasteiger partial charge in [-0.2, -0.15) is 0 Å². The van der Waals surface area contributed by atoms with Crippen LogP contribution in [0.2, 0.25) is 0 Å². The molecule has 27 heavy (non-hydrogen) atoms. The highest BCUT2D eigenvalue weighted by molar-refractivity contribution is 7.07. The lowest BCUT2D eigenvalue weighted by atomic mass is 9.71. The summed E-state index contributed by atoms with van der Waals surface area (Å²) < 4.78 is 6.56. The van der Waals surface area contributed by atoms with Crippen molar-refractivity contribution in [1.82, 2.24) is 14.5 Å². The minimum atomic E-state index is -0.762. The number of carbonyl (C=O) groups excluding carboxylic acids is 2. The summed E-state index contributed by atoms with van der Waals surface area (Å²) in [4.78, 5) is 43.9. The molecule has 2 aliphatic rings. The Morgan fingerprint density at radius 3 is 2.85 bits per heavy atom. The third kappa shape index (κ3) is 2.79. The van der Waals surface area contributed by atoms with Gasteiger partial charge in [0.05, 0.1) is 29.3 Å². The van der Waals surface area contributed by atoms with Gasteiger partial charge in [-0.25, -0.2) is 4.98 Å². The normalized spacial score (nSPS) is 26.4. The molecule has 2 fully saturated rings. The molecule has 4 heterocycles. The molecule has 2 aromatic heterocycles. The van der Waals surface area contributed by atoms with Gasteiger partial charge in [0.2, 0.25) is 5.56 Å². The number of ether oxygens (including phenoxy) is 1. The monoisotopic (exact) mass is 387 g/mol. The van der Waals surface area contributed by atoms with E-state index in [1.54, 1.807) is 24.8 Å². The molecule has 0 radical (unpaired) electrons. The fourth-order valence-electron chi connectivity index (χ4n) is 4.69. The number of carbonyl (C=O) groups is 2. The number of nitrogens with zero attached hydrogens (tertiary/aromatic N) is 3. The zero-order valence-corrected chi connectivity index (χ0v) is 16.1. The van der Waals surface area contributed by atoms with Crippen molar-refractivity contribution in [3.8, 4) is 0 Å². The molecule has 2 aliphatic heterocycles. The smallest absolute Gasteiger partial charge is 0.314 e. The Bertz CT molecular complexity index is 939. The van der Waals surface area contributed by atoms with Crippen LogP contribution in [0.5, 0.6) is 0 Å². The van der Waals surface area contributed by atoms with Gasteiger partial charge in [-0.05, 0) is 25.3 Å². The van der Waals surface area contributed by atoms with Crippen LogP contribution in [0, 0.1) is 5.41 Å². The molecular weight excluding hydrogens is 366 g/mol. The average molecular weight is 387 g/mol. The van der Waals surface area contributed by atoms with Crippen LogP contribution < -0.4 is 5.56 Å². The maximum atomic E-state index is 13.2. The number of rotatable bonds is 4. The van der Waals surface area contributed by atoms with Gasteiger partial charge >= 0.3 is 5.97 Å². The van der Waals surface area contributed by atoms with Crippen LogP contribution in [0.3, 0.4) is 0 Å². The van der Waals surface area contributed by atoms with Gasteiger partial charge in [0, 0.05) is 43.2 Å². The number of esters is 1. The van der Waals surface area contributed by atoms with Crippen LogP contribution in [-0.4, -0.2) is 45.5 Å². The van der Waals surface area contributed by atoms with Crippen molar-refractivity contribution in [2.75, 3.05) is 7.11 Å². The van der Waals surface area contributed by atoms with E-state index < -0.39 is 5.41 Å². The van der Waals surface area contributed by atoms with E-state index >= 15 is 0 Å². The summed E-state index contributed by atoms with van der Waals surface area (Å²) in [5, 5.41) is 1.94. The van der Waals surface area contributed by atoms with Crippen molar-refractivity contribution >= 4 is 23.2 Å². The van der Waals surface area contributed by atoms with E-state index in [1.165, 1.54) is 29.1 Å². The topological polar surface area (TPSA) is 81.5 Å². The summed E-state index contributed by atoms with van der Waals surface area (Å²) in [5.74, 6) is -0.414. The molecule has 142 valence electrons. The molecule has 0 aliphatic carbocycles. The van der Waals surface area contributed by atoms with E-state index in [0.29, 0.717) is 18.4 Å². The van der Waals surface area contributed by atoms with E-state index in [4.69, 9.17) is 4.74 Å². The number of hydrogen-bond acceptors (Lipinski definition) is 6. The van der Waals surface area contributed by atoms with Crippen molar-refractivity contribution in [2.24, 2.45) is 12.5 Å². The highest BCUT2D eigenvalue weighted by atomic mass is 32.1. The Hall–Kier alpha value is -2.48. The van der Waals surface area contributed by atoms with Crippen LogP contribution in [0.1, 0.15) is 35.3 Å². The standard InChI is InChI=1S/C19H21N3O4S/c1-21-9-12(3-6-16(21)23)17(24)22-14-4-5-15(22)19(8-14,18(25)26-2)7-13-10-27-11-20-13/h3,6,9-11,14-15H,4-5,7-8H2,1-2H3/t14-,15+,19+/m1/s1. The Kier molecular flexibility index (Phi) is 4.38. The fraction of sp³-hybridized carbons (Fsp3) is 0.474. The number of fused-ring (bicyclic) bond motifs is 2. The Morgan fingerprint density at radius 2 is 2.19 bits per heavy atom. The molecule has 0 spiro atoms. The largest absolute Gasteiger partial charge is 0.469 e. The molecule has 2 aromatic rings. The van der Waals surface area contributed by atoms with Gasteiger partial charge in [0.25, 0.3) is 5.91 Å². The van der Waals surface area contributed by atoms with Crippen LogP contribution in [-0.2, 0) is 23.0 Å². The maximum Gasteiger partial charge on any atom is 0.314 e. The average Bonchev–Trinajstić information content (AvgIpc) is 3.38. The Balaban J connectivity index is 1.69. The van der Waals surface area contributed by atoms with E-state index in [1.807, 2.05) is 10.3 Å². The van der Waals surface area contributed by atoms with Gasteiger partial charge in [0.1, 0.15) is 0 Å². The molecule has 7 nitrogen and oxygen atoms in total. The van der Waals surface area contributed by atoms with Crippen molar-refractivity contribution in [3.05, 3.63) is 50.8 Å². The van der Waals surface area contributed by atoms with Crippen LogP contribution >= 0.6 is 11.3 Å². The van der Waals surface area contributed by atoms with Crippen molar-refractivity contribution in [2.45, 2.75) is 37.8 Å². The van der Waals surface area contributed by atoms with Gasteiger partial charge < -0.3 is 14.2 Å². The molecule has 2 bridgehead atoms. The molecule has 0 unspecified atom stereocenters. The summed E-state index contributed by atoms with van der Waals surface area (Å²) in [6.45, 7) is 0. The highest BCUT2D eigenvalue weighted by Crippen LogP contribution is 2.52.